The van der Waals surface area contributed by atoms with Crippen LogP contribution < -0.4 is 5.32 Å². The molecule has 114 valence electrons. The van der Waals surface area contributed by atoms with Crippen molar-refractivity contribution in [3.05, 3.63) is 62.3 Å². The summed E-state index contributed by atoms with van der Waals surface area (Å²) in [6.45, 7) is 1.02. The van der Waals surface area contributed by atoms with Crippen LogP contribution in [0.15, 0.2) is 45.3 Å². The highest BCUT2D eigenvalue weighted by Gasteiger charge is 2.23. The van der Waals surface area contributed by atoms with Gasteiger partial charge in [0, 0.05) is 27.7 Å². The fourth-order valence-corrected chi connectivity index (χ4v) is 3.45. The first kappa shape index (κ1) is 15.5. The van der Waals surface area contributed by atoms with Crippen molar-refractivity contribution >= 4 is 43.6 Å². The minimum atomic E-state index is -0.291. The second-order valence-electron chi connectivity index (χ2n) is 5.13. The van der Waals surface area contributed by atoms with E-state index in [1.807, 2.05) is 24.3 Å². The second-order valence-corrected chi connectivity index (χ2v) is 6.90. The Hall–Kier alpha value is -1.40. The molecule has 0 aromatic heterocycles. The number of halogens is 3. The lowest BCUT2D eigenvalue weighted by Gasteiger charge is -2.29. The van der Waals surface area contributed by atoms with Gasteiger partial charge in [-0.3, -0.25) is 0 Å². The average Bonchev–Trinajstić information content (AvgIpc) is 2.48. The van der Waals surface area contributed by atoms with Crippen LogP contribution in [0.3, 0.4) is 0 Å². The Morgan fingerprint density at radius 3 is 2.64 bits per heavy atom. The molecule has 22 heavy (non-hydrogen) atoms. The number of rotatable bonds is 1. The molecule has 0 radical (unpaired) electrons. The Balaban J connectivity index is 1.74. The van der Waals surface area contributed by atoms with Gasteiger partial charge in [-0.15, -0.1) is 0 Å². The van der Waals surface area contributed by atoms with Crippen LogP contribution in [-0.4, -0.2) is 17.5 Å². The SMILES string of the molecule is O=C(Nc1ccc(Br)cc1)N1CCc2c(Br)cc(F)cc2C1. The molecule has 1 N–H and O–H groups in total. The first-order chi connectivity index (χ1) is 10.5. The van der Waals surface area contributed by atoms with Crippen molar-refractivity contribution < 1.29 is 9.18 Å². The van der Waals surface area contributed by atoms with Crippen LogP contribution in [0, 0.1) is 5.82 Å². The lowest BCUT2D eigenvalue weighted by Crippen LogP contribution is -2.39. The third-order valence-corrected chi connectivity index (χ3v) is 4.86. The Labute approximate surface area is 144 Å². The van der Waals surface area contributed by atoms with Crippen molar-refractivity contribution in [2.24, 2.45) is 0 Å². The summed E-state index contributed by atoms with van der Waals surface area (Å²) in [5.74, 6) is -0.291. The van der Waals surface area contributed by atoms with E-state index in [4.69, 9.17) is 0 Å². The van der Waals surface area contributed by atoms with E-state index >= 15 is 0 Å². The maximum atomic E-state index is 13.5. The minimum Gasteiger partial charge on any atom is -0.320 e. The first-order valence-electron chi connectivity index (χ1n) is 6.81. The maximum absolute atomic E-state index is 13.5. The number of amides is 2. The normalized spacial score (nSPS) is 13.7. The number of carbonyl (C=O) groups excluding carboxylic acids is 1. The van der Waals surface area contributed by atoms with Crippen molar-refractivity contribution in [3.63, 3.8) is 0 Å². The molecular formula is C16H13Br2FN2O. The van der Waals surface area contributed by atoms with Gasteiger partial charge in [0.15, 0.2) is 0 Å². The summed E-state index contributed by atoms with van der Waals surface area (Å²) in [5, 5.41) is 2.86. The summed E-state index contributed by atoms with van der Waals surface area (Å²) in [4.78, 5) is 14.0. The lowest BCUT2D eigenvalue weighted by atomic mass is 10.00. The summed E-state index contributed by atoms with van der Waals surface area (Å²) >= 11 is 6.74. The number of nitrogens with one attached hydrogen (secondary N) is 1. The van der Waals surface area contributed by atoms with E-state index in [-0.39, 0.29) is 11.8 Å². The molecule has 1 aliphatic heterocycles. The summed E-state index contributed by atoms with van der Waals surface area (Å²) in [6, 6.07) is 10.2. The molecule has 2 aromatic rings. The van der Waals surface area contributed by atoms with Gasteiger partial charge in [-0.2, -0.15) is 0 Å². The largest absolute Gasteiger partial charge is 0.322 e. The van der Waals surface area contributed by atoms with E-state index in [1.54, 1.807) is 4.90 Å². The van der Waals surface area contributed by atoms with Gasteiger partial charge >= 0.3 is 6.03 Å². The predicted molar refractivity (Wildman–Crippen MR) is 91.4 cm³/mol. The number of fused-ring (bicyclic) bond motifs is 1. The topological polar surface area (TPSA) is 32.3 Å². The molecule has 1 heterocycles. The number of hydrogen-bond acceptors (Lipinski definition) is 1. The van der Waals surface area contributed by atoms with Gasteiger partial charge in [-0.1, -0.05) is 31.9 Å². The number of benzene rings is 2. The number of nitrogens with zero attached hydrogens (tertiary/aromatic N) is 1. The minimum absolute atomic E-state index is 0.173. The molecule has 1 aliphatic rings. The molecule has 6 heteroatoms. The Bertz CT molecular complexity index is 719. The van der Waals surface area contributed by atoms with E-state index in [1.165, 1.54) is 12.1 Å². The van der Waals surface area contributed by atoms with E-state index < -0.39 is 0 Å². The zero-order valence-electron chi connectivity index (χ0n) is 11.6. The molecule has 0 saturated heterocycles. The number of hydrogen-bond donors (Lipinski definition) is 1. The smallest absolute Gasteiger partial charge is 0.320 e. The fraction of sp³-hybridized carbons (Fsp3) is 0.188. The highest BCUT2D eigenvalue weighted by Crippen LogP contribution is 2.28. The van der Waals surface area contributed by atoms with Crippen LogP contribution in [0.2, 0.25) is 0 Å². The van der Waals surface area contributed by atoms with Gasteiger partial charge < -0.3 is 10.2 Å². The highest BCUT2D eigenvalue weighted by molar-refractivity contribution is 9.10. The van der Waals surface area contributed by atoms with Crippen molar-refractivity contribution in [2.75, 3.05) is 11.9 Å². The molecule has 0 atom stereocenters. The van der Waals surface area contributed by atoms with Crippen LogP contribution in [0.4, 0.5) is 14.9 Å². The molecule has 3 nitrogen and oxygen atoms in total. The van der Waals surface area contributed by atoms with Crippen LogP contribution in [0.25, 0.3) is 0 Å². The molecule has 0 bridgehead atoms. The second kappa shape index (κ2) is 6.38. The molecule has 0 aliphatic carbocycles. The van der Waals surface area contributed by atoms with Gasteiger partial charge in [0.2, 0.25) is 0 Å². The van der Waals surface area contributed by atoms with Gasteiger partial charge in [0.05, 0.1) is 0 Å². The lowest BCUT2D eigenvalue weighted by molar-refractivity contribution is 0.206. The number of anilines is 1. The van der Waals surface area contributed by atoms with Crippen LogP contribution in [0.1, 0.15) is 11.1 Å². The van der Waals surface area contributed by atoms with Gasteiger partial charge in [-0.25, -0.2) is 9.18 Å². The van der Waals surface area contributed by atoms with Crippen molar-refractivity contribution in [3.8, 4) is 0 Å². The summed E-state index contributed by atoms with van der Waals surface area (Å²) in [7, 11) is 0. The molecule has 0 unspecified atom stereocenters. The third-order valence-electron chi connectivity index (χ3n) is 3.63. The molecule has 3 rings (SSSR count). The zero-order chi connectivity index (χ0) is 15.7. The Morgan fingerprint density at radius 2 is 1.91 bits per heavy atom. The predicted octanol–water partition coefficient (Wildman–Crippen LogP) is 4.94. The summed E-state index contributed by atoms with van der Waals surface area (Å²) < 4.78 is 15.2. The van der Waals surface area contributed by atoms with E-state index in [0.717, 1.165) is 25.8 Å². The van der Waals surface area contributed by atoms with E-state index in [0.29, 0.717) is 19.5 Å². The summed E-state index contributed by atoms with van der Waals surface area (Å²) in [6.07, 6.45) is 0.712. The van der Waals surface area contributed by atoms with Gasteiger partial charge in [-0.05, 0) is 53.9 Å². The van der Waals surface area contributed by atoms with Gasteiger partial charge in [0.25, 0.3) is 0 Å². The molecule has 0 spiro atoms. The van der Waals surface area contributed by atoms with E-state index in [9.17, 15) is 9.18 Å². The first-order valence-corrected chi connectivity index (χ1v) is 8.40. The quantitative estimate of drug-likeness (QED) is 0.686. The maximum Gasteiger partial charge on any atom is 0.322 e. The molecular weight excluding hydrogens is 415 g/mol. The fourth-order valence-electron chi connectivity index (χ4n) is 2.52. The molecule has 2 aromatic carbocycles. The van der Waals surface area contributed by atoms with Crippen LogP contribution >= 0.6 is 31.9 Å². The zero-order valence-corrected chi connectivity index (χ0v) is 14.7. The molecule has 0 saturated carbocycles. The van der Waals surface area contributed by atoms with Crippen molar-refractivity contribution in [1.29, 1.82) is 0 Å². The Kier molecular flexibility index (Phi) is 4.49. The standard InChI is InChI=1S/C16H13Br2FN2O/c17-11-1-3-13(4-2-11)20-16(22)21-6-5-14-10(9-21)7-12(19)8-15(14)18/h1-4,7-8H,5-6,9H2,(H,20,22). The average molecular weight is 428 g/mol. The van der Waals surface area contributed by atoms with Crippen LogP contribution in [-0.2, 0) is 13.0 Å². The summed E-state index contributed by atoms with van der Waals surface area (Å²) in [5.41, 5.74) is 2.66. The highest BCUT2D eigenvalue weighted by atomic mass is 79.9. The van der Waals surface area contributed by atoms with Crippen molar-refractivity contribution in [2.45, 2.75) is 13.0 Å². The number of urea groups is 1. The third kappa shape index (κ3) is 3.33. The number of carbonyl (C=O) groups is 1. The monoisotopic (exact) mass is 426 g/mol. The van der Waals surface area contributed by atoms with Crippen LogP contribution in [0.5, 0.6) is 0 Å². The molecule has 2 amide bonds. The van der Waals surface area contributed by atoms with E-state index in [2.05, 4.69) is 37.2 Å². The van der Waals surface area contributed by atoms with Gasteiger partial charge in [0.1, 0.15) is 5.82 Å². The van der Waals surface area contributed by atoms with Crippen molar-refractivity contribution in [1.82, 2.24) is 4.90 Å². The Morgan fingerprint density at radius 1 is 1.18 bits per heavy atom. The molecule has 0 fully saturated rings.